The number of rotatable bonds is 11. The van der Waals surface area contributed by atoms with Gasteiger partial charge in [-0.3, -0.25) is 4.68 Å². The van der Waals surface area contributed by atoms with Crippen LogP contribution in [0.1, 0.15) is 36.0 Å². The summed E-state index contributed by atoms with van der Waals surface area (Å²) in [5, 5.41) is 6.01. The third-order valence-electron chi connectivity index (χ3n) is 11.3. The third-order valence-corrected chi connectivity index (χ3v) is 12.1. The van der Waals surface area contributed by atoms with Gasteiger partial charge in [-0.15, -0.1) is 0 Å². The van der Waals surface area contributed by atoms with E-state index in [-0.39, 0.29) is 17.6 Å². The molecule has 0 bridgehead atoms. The quantitative estimate of drug-likeness (QED) is 0.132. The van der Waals surface area contributed by atoms with Crippen molar-refractivity contribution in [2.45, 2.75) is 51.5 Å². The molecule has 54 heavy (non-hydrogen) atoms. The van der Waals surface area contributed by atoms with Gasteiger partial charge in [-0.1, -0.05) is 30.3 Å². The van der Waals surface area contributed by atoms with Gasteiger partial charge in [-0.05, 0) is 95.7 Å². The van der Waals surface area contributed by atoms with Crippen molar-refractivity contribution in [3.8, 4) is 17.5 Å². The van der Waals surface area contributed by atoms with Crippen molar-refractivity contribution in [2.75, 3.05) is 50.7 Å². The van der Waals surface area contributed by atoms with Gasteiger partial charge in [-0.25, -0.2) is 9.37 Å². The fourth-order valence-corrected chi connectivity index (χ4v) is 9.02. The SMILES string of the molecule is COc1ccc(CN(Cc2ccc(OC)cc2)c2ncccc2CN2CCn3ncc4c(Br)c(F)c5nc(OC6CC7(CCN(C)C7)C6)nc2c5c43)cc1. The van der Waals surface area contributed by atoms with Crippen LogP contribution in [0, 0.1) is 11.2 Å². The summed E-state index contributed by atoms with van der Waals surface area (Å²) in [5.41, 5.74) is 4.58. The first-order chi connectivity index (χ1) is 26.3. The molecule has 3 aliphatic rings. The lowest BCUT2D eigenvalue weighted by molar-refractivity contribution is -0.0117. The number of hydrogen-bond donors (Lipinski definition) is 0. The second kappa shape index (κ2) is 14.0. The first-order valence-electron chi connectivity index (χ1n) is 18.4. The lowest BCUT2D eigenvalue weighted by Gasteiger charge is -2.44. The molecule has 0 N–H and O–H groups in total. The molecule has 9 rings (SSSR count). The van der Waals surface area contributed by atoms with Crippen molar-refractivity contribution in [1.29, 1.82) is 0 Å². The van der Waals surface area contributed by atoms with Crippen LogP contribution in [0.25, 0.3) is 21.8 Å². The summed E-state index contributed by atoms with van der Waals surface area (Å²) in [4.78, 5) is 21.7. The number of likely N-dealkylation sites (tertiary alicyclic amines) is 1. The standard InChI is InChI=1S/C41H42BrFN8O3/c1-48-16-14-41(25-48)19-31(20-41)54-40-46-36-33-37-32(34(42)35(36)43)21-45-51(37)18-17-49(39(33)47-40)24-28-5-4-15-44-38(28)50(22-26-6-10-29(52-2)11-7-26)23-27-8-12-30(53-3)13-9-27/h4-13,15,21,31H,14,16-20,22-25H2,1-3H3. The average Bonchev–Trinajstić information content (AvgIpc) is 3.75. The molecule has 13 heteroatoms. The summed E-state index contributed by atoms with van der Waals surface area (Å²) in [7, 11) is 5.52. The highest BCUT2D eigenvalue weighted by Gasteiger charge is 2.49. The van der Waals surface area contributed by atoms with Crippen LogP contribution in [0.5, 0.6) is 17.5 Å². The van der Waals surface area contributed by atoms with Gasteiger partial charge in [0.25, 0.3) is 0 Å². The van der Waals surface area contributed by atoms with Crippen LogP contribution in [0.3, 0.4) is 0 Å². The molecule has 0 atom stereocenters. The minimum atomic E-state index is -0.442. The highest BCUT2D eigenvalue weighted by Crippen LogP contribution is 2.49. The van der Waals surface area contributed by atoms with E-state index in [1.54, 1.807) is 20.4 Å². The number of aromatic nitrogens is 5. The minimum absolute atomic E-state index is 0.00414. The molecule has 3 aromatic carbocycles. The Morgan fingerprint density at radius 2 is 1.63 bits per heavy atom. The minimum Gasteiger partial charge on any atom is -0.497 e. The fourth-order valence-electron chi connectivity index (χ4n) is 8.55. The molecule has 1 saturated carbocycles. The summed E-state index contributed by atoms with van der Waals surface area (Å²) in [6, 6.07) is 20.5. The van der Waals surface area contributed by atoms with E-state index >= 15 is 4.39 Å². The third kappa shape index (κ3) is 6.36. The van der Waals surface area contributed by atoms with Gasteiger partial charge >= 0.3 is 6.01 Å². The van der Waals surface area contributed by atoms with Crippen LogP contribution in [-0.4, -0.2) is 76.6 Å². The van der Waals surface area contributed by atoms with Crippen LogP contribution in [0.4, 0.5) is 16.0 Å². The first-order valence-corrected chi connectivity index (χ1v) is 19.2. The van der Waals surface area contributed by atoms with E-state index in [2.05, 4.69) is 73.1 Å². The maximum absolute atomic E-state index is 16.3. The summed E-state index contributed by atoms with van der Waals surface area (Å²) >= 11 is 3.52. The van der Waals surface area contributed by atoms with Gasteiger partial charge in [0.1, 0.15) is 34.8 Å². The lowest BCUT2D eigenvalue weighted by Crippen LogP contribution is -2.45. The predicted octanol–water partition coefficient (Wildman–Crippen LogP) is 7.38. The normalized spacial score (nSPS) is 19.4. The van der Waals surface area contributed by atoms with E-state index < -0.39 is 5.82 Å². The summed E-state index contributed by atoms with van der Waals surface area (Å²) in [6.07, 6.45) is 6.62. The summed E-state index contributed by atoms with van der Waals surface area (Å²) in [6.45, 7) is 5.05. The van der Waals surface area contributed by atoms with E-state index in [0.717, 1.165) is 65.5 Å². The van der Waals surface area contributed by atoms with Crippen molar-refractivity contribution in [3.63, 3.8) is 0 Å². The highest BCUT2D eigenvalue weighted by atomic mass is 79.9. The second-order valence-corrected chi connectivity index (χ2v) is 15.7. The molecular weight excluding hydrogens is 751 g/mol. The van der Waals surface area contributed by atoms with Crippen molar-refractivity contribution < 1.29 is 18.6 Å². The second-order valence-electron chi connectivity index (χ2n) is 14.9. The molecule has 2 aliphatic heterocycles. The zero-order valence-electron chi connectivity index (χ0n) is 30.6. The predicted molar refractivity (Wildman–Crippen MR) is 210 cm³/mol. The Kier molecular flexibility index (Phi) is 9.01. The van der Waals surface area contributed by atoms with E-state index in [1.807, 2.05) is 41.2 Å². The molecule has 0 amide bonds. The number of benzene rings is 3. The Bertz CT molecular complexity index is 2280. The number of hydrogen-bond acceptors (Lipinski definition) is 10. The van der Waals surface area contributed by atoms with Crippen LogP contribution < -0.4 is 24.0 Å². The molecule has 5 heterocycles. The Morgan fingerprint density at radius 1 is 0.926 bits per heavy atom. The van der Waals surface area contributed by atoms with E-state index in [0.29, 0.717) is 59.2 Å². The van der Waals surface area contributed by atoms with Gasteiger partial charge in [-0.2, -0.15) is 15.1 Å². The van der Waals surface area contributed by atoms with Crippen molar-refractivity contribution >= 4 is 49.4 Å². The van der Waals surface area contributed by atoms with Gasteiger partial charge in [0, 0.05) is 49.9 Å². The van der Waals surface area contributed by atoms with Crippen molar-refractivity contribution in [2.24, 2.45) is 5.41 Å². The molecule has 3 aromatic heterocycles. The smallest absolute Gasteiger partial charge is 0.319 e. The fraction of sp³-hybridized carbons (Fsp3) is 0.366. The number of halogens is 2. The van der Waals surface area contributed by atoms with Crippen molar-refractivity contribution in [1.82, 2.24) is 29.6 Å². The largest absolute Gasteiger partial charge is 0.497 e. The molecular formula is C41H42BrFN8O3. The number of anilines is 2. The van der Waals surface area contributed by atoms with Gasteiger partial charge in [0.2, 0.25) is 0 Å². The summed E-state index contributed by atoms with van der Waals surface area (Å²) in [5.74, 6) is 2.65. The molecule has 2 fully saturated rings. The molecule has 1 saturated heterocycles. The monoisotopic (exact) mass is 792 g/mol. The maximum atomic E-state index is 16.3. The number of ether oxygens (including phenoxy) is 3. The molecule has 0 unspecified atom stereocenters. The van der Waals surface area contributed by atoms with E-state index in [1.165, 1.54) is 6.42 Å². The maximum Gasteiger partial charge on any atom is 0.319 e. The molecule has 6 aromatic rings. The first kappa shape index (κ1) is 34.7. The zero-order valence-corrected chi connectivity index (χ0v) is 32.2. The Morgan fingerprint density at radius 3 is 2.28 bits per heavy atom. The van der Waals surface area contributed by atoms with Crippen LogP contribution in [0.15, 0.2) is 77.5 Å². The van der Waals surface area contributed by atoms with Gasteiger partial charge in [0.05, 0.1) is 42.3 Å². The Balaban J connectivity index is 1.09. The Labute approximate surface area is 321 Å². The van der Waals surface area contributed by atoms with Crippen LogP contribution in [0.2, 0.25) is 0 Å². The Hall–Kier alpha value is -5.01. The molecule has 0 radical (unpaired) electrons. The zero-order chi connectivity index (χ0) is 37.0. The molecule has 11 nitrogen and oxygen atoms in total. The highest BCUT2D eigenvalue weighted by molar-refractivity contribution is 9.10. The average molecular weight is 794 g/mol. The van der Waals surface area contributed by atoms with Gasteiger partial charge < -0.3 is 28.9 Å². The number of nitrogens with zero attached hydrogens (tertiary/aromatic N) is 8. The molecule has 278 valence electrons. The van der Waals surface area contributed by atoms with Crippen LogP contribution >= 0.6 is 15.9 Å². The van der Waals surface area contributed by atoms with Crippen LogP contribution in [-0.2, 0) is 26.2 Å². The number of methoxy groups -OCH3 is 2. The lowest BCUT2D eigenvalue weighted by atomic mass is 9.66. The van der Waals surface area contributed by atoms with E-state index in [4.69, 9.17) is 29.2 Å². The van der Waals surface area contributed by atoms with Gasteiger partial charge in [0.15, 0.2) is 5.82 Å². The number of pyridine rings is 1. The topological polar surface area (TPSA) is 93.9 Å². The molecule has 1 spiro atoms. The summed E-state index contributed by atoms with van der Waals surface area (Å²) < 4.78 is 36.0. The van der Waals surface area contributed by atoms with E-state index in [9.17, 15) is 0 Å². The van der Waals surface area contributed by atoms with Crippen molar-refractivity contribution in [3.05, 3.63) is 100 Å². The molecule has 1 aliphatic carbocycles.